The van der Waals surface area contributed by atoms with Gasteiger partial charge >= 0.3 is 11.7 Å². The maximum atomic E-state index is 12.7. The highest BCUT2D eigenvalue weighted by Crippen LogP contribution is 2.28. The molecule has 0 radical (unpaired) electrons. The molecule has 0 fully saturated rings. The van der Waals surface area contributed by atoms with Crippen LogP contribution in [0.5, 0.6) is 0 Å². The van der Waals surface area contributed by atoms with E-state index < -0.39 is 29.6 Å². The third-order valence-corrected chi connectivity index (χ3v) is 5.32. The van der Waals surface area contributed by atoms with Crippen molar-refractivity contribution in [2.45, 2.75) is 27.3 Å². The minimum atomic E-state index is -0.843. The van der Waals surface area contributed by atoms with Gasteiger partial charge in [0.05, 0.1) is 0 Å². The Labute approximate surface area is 185 Å². The van der Waals surface area contributed by atoms with E-state index in [2.05, 4.69) is 15.9 Å². The van der Waals surface area contributed by atoms with E-state index in [-0.39, 0.29) is 29.6 Å². The molecular formula is C21H22BrN3O6. The molecule has 3 rings (SSSR count). The summed E-state index contributed by atoms with van der Waals surface area (Å²) in [4.78, 5) is 50.1. The van der Waals surface area contributed by atoms with E-state index >= 15 is 0 Å². The number of hydrogen-bond acceptors (Lipinski definition) is 7. The van der Waals surface area contributed by atoms with E-state index in [4.69, 9.17) is 14.9 Å². The fourth-order valence-electron chi connectivity index (χ4n) is 3.24. The molecule has 10 heteroatoms. The lowest BCUT2D eigenvalue weighted by atomic mass is 10.1. The summed E-state index contributed by atoms with van der Waals surface area (Å²) in [7, 11) is 1.26. The molecule has 2 N–H and O–H groups in total. The number of fused-ring (bicyclic) bond motifs is 1. The Morgan fingerprint density at radius 1 is 1.26 bits per heavy atom. The number of aryl methyl sites for hydroxylation is 1. The molecule has 0 amide bonds. The average molecular weight is 492 g/mol. The smallest absolute Gasteiger partial charge is 0.375 e. The van der Waals surface area contributed by atoms with Gasteiger partial charge < -0.3 is 14.9 Å². The maximum absolute atomic E-state index is 12.7. The zero-order valence-corrected chi connectivity index (χ0v) is 19.1. The molecule has 164 valence electrons. The lowest BCUT2D eigenvalue weighted by molar-refractivity contribution is 0.0444. The lowest BCUT2D eigenvalue weighted by Gasteiger charge is -2.16. The number of nitrogen functional groups attached to an aromatic ring is 1. The minimum Gasteiger partial charge on any atom is -0.451 e. The molecule has 1 aromatic carbocycles. The lowest BCUT2D eigenvalue weighted by Crippen LogP contribution is -2.43. The van der Waals surface area contributed by atoms with E-state index in [0.29, 0.717) is 11.1 Å². The van der Waals surface area contributed by atoms with Crippen molar-refractivity contribution < 1.29 is 18.7 Å². The maximum Gasteiger partial charge on any atom is 0.375 e. The summed E-state index contributed by atoms with van der Waals surface area (Å²) in [6.07, 6.45) is 0. The second-order valence-corrected chi connectivity index (χ2v) is 8.52. The number of aromatic nitrogens is 2. The van der Waals surface area contributed by atoms with Gasteiger partial charge in [-0.05, 0) is 31.0 Å². The highest BCUT2D eigenvalue weighted by atomic mass is 79.9. The largest absolute Gasteiger partial charge is 0.451 e. The number of carbonyl (C=O) groups is 2. The molecule has 0 spiro atoms. The molecule has 0 bridgehead atoms. The Bertz CT molecular complexity index is 1320. The van der Waals surface area contributed by atoms with Crippen LogP contribution in [0.4, 0.5) is 5.82 Å². The fourth-order valence-corrected chi connectivity index (χ4v) is 3.60. The third-order valence-electron chi connectivity index (χ3n) is 4.83. The summed E-state index contributed by atoms with van der Waals surface area (Å²) < 4.78 is 13.5. The molecule has 9 nitrogen and oxygen atoms in total. The van der Waals surface area contributed by atoms with E-state index in [1.165, 1.54) is 11.6 Å². The first-order valence-electron chi connectivity index (χ1n) is 9.51. The van der Waals surface area contributed by atoms with Gasteiger partial charge in [-0.3, -0.25) is 18.7 Å². The molecule has 0 unspecified atom stereocenters. The monoisotopic (exact) mass is 491 g/mol. The van der Waals surface area contributed by atoms with Gasteiger partial charge in [-0.2, -0.15) is 0 Å². The van der Waals surface area contributed by atoms with Crippen LogP contribution in [-0.2, 0) is 18.3 Å². The highest BCUT2D eigenvalue weighted by Gasteiger charge is 2.25. The SMILES string of the molecule is Cc1c(C(=O)OCC(=O)c2c(N)n(CC(C)C)c(=O)n(C)c2=O)oc2ccc(Br)cc12. The molecule has 0 saturated carbocycles. The molecule has 3 aromatic rings. The second-order valence-electron chi connectivity index (χ2n) is 7.61. The Kier molecular flexibility index (Phi) is 6.21. The van der Waals surface area contributed by atoms with Crippen LogP contribution in [0.3, 0.4) is 0 Å². The van der Waals surface area contributed by atoms with Gasteiger partial charge in [0, 0.05) is 29.0 Å². The Morgan fingerprint density at radius 3 is 2.58 bits per heavy atom. The van der Waals surface area contributed by atoms with E-state index in [1.54, 1.807) is 25.1 Å². The summed E-state index contributed by atoms with van der Waals surface area (Å²) in [5, 5.41) is 0.728. The predicted octanol–water partition coefficient (Wildman–Crippen LogP) is 2.64. The predicted molar refractivity (Wildman–Crippen MR) is 118 cm³/mol. The van der Waals surface area contributed by atoms with Crippen LogP contribution in [0.1, 0.15) is 40.3 Å². The first-order valence-corrected chi connectivity index (χ1v) is 10.3. The second kappa shape index (κ2) is 8.54. The van der Waals surface area contributed by atoms with Crippen molar-refractivity contribution in [1.82, 2.24) is 9.13 Å². The number of halogens is 1. The number of ether oxygens (including phenoxy) is 1. The van der Waals surface area contributed by atoms with Crippen molar-refractivity contribution in [2.75, 3.05) is 12.3 Å². The van der Waals surface area contributed by atoms with Crippen molar-refractivity contribution >= 4 is 44.5 Å². The number of nitrogens with two attached hydrogens (primary N) is 1. The standard InChI is InChI=1S/C21H22BrN3O6/c1-10(2)8-25-18(23)16(19(27)24(4)21(25)29)14(26)9-30-20(28)17-11(3)13-7-12(22)5-6-15(13)31-17/h5-7,10H,8-9,23H2,1-4H3. The van der Waals surface area contributed by atoms with Crippen molar-refractivity contribution in [3.63, 3.8) is 0 Å². The molecule has 0 saturated heterocycles. The van der Waals surface area contributed by atoms with E-state index in [0.717, 1.165) is 14.4 Å². The Hall–Kier alpha value is -3.14. The number of ketones is 1. The summed E-state index contributed by atoms with van der Waals surface area (Å²) in [6, 6.07) is 5.28. The average Bonchev–Trinajstić information content (AvgIpc) is 3.04. The third kappa shape index (κ3) is 4.20. The highest BCUT2D eigenvalue weighted by molar-refractivity contribution is 9.10. The Balaban J connectivity index is 1.88. The quantitative estimate of drug-likeness (QED) is 0.414. The number of rotatable bonds is 6. The molecule has 0 atom stereocenters. The van der Waals surface area contributed by atoms with Crippen molar-refractivity contribution in [1.29, 1.82) is 0 Å². The molecule has 31 heavy (non-hydrogen) atoms. The van der Waals surface area contributed by atoms with Crippen LogP contribution in [0, 0.1) is 12.8 Å². The number of furan rings is 1. The number of hydrogen-bond donors (Lipinski definition) is 1. The number of carbonyl (C=O) groups excluding carboxylic acids is 2. The molecule has 2 heterocycles. The van der Waals surface area contributed by atoms with Crippen LogP contribution in [0.15, 0.2) is 36.7 Å². The summed E-state index contributed by atoms with van der Waals surface area (Å²) in [5.74, 6) is -1.88. The normalized spacial score (nSPS) is 11.3. The van der Waals surface area contributed by atoms with Gasteiger partial charge in [0.2, 0.25) is 11.5 Å². The molecule has 2 aromatic heterocycles. The topological polar surface area (TPSA) is 127 Å². The first-order chi connectivity index (χ1) is 14.5. The number of Topliss-reactive ketones (excluding diaryl/α,β-unsaturated/α-hetero) is 1. The van der Waals surface area contributed by atoms with Crippen LogP contribution in [-0.4, -0.2) is 27.5 Å². The molecule has 0 aliphatic heterocycles. The molecule has 0 aliphatic carbocycles. The number of anilines is 1. The van der Waals surface area contributed by atoms with Gasteiger partial charge in [-0.25, -0.2) is 9.59 Å². The zero-order chi connectivity index (χ0) is 23.0. The molecule has 0 aliphatic rings. The van der Waals surface area contributed by atoms with Gasteiger partial charge in [0.15, 0.2) is 6.61 Å². The van der Waals surface area contributed by atoms with Gasteiger partial charge in [-0.1, -0.05) is 29.8 Å². The molecular weight excluding hydrogens is 470 g/mol. The van der Waals surface area contributed by atoms with Gasteiger partial charge in [0.1, 0.15) is 17.0 Å². The van der Waals surface area contributed by atoms with Crippen molar-refractivity contribution in [2.24, 2.45) is 13.0 Å². The fraction of sp³-hybridized carbons (Fsp3) is 0.333. The number of nitrogens with zero attached hydrogens (tertiary/aromatic N) is 2. The summed E-state index contributed by atoms with van der Waals surface area (Å²) >= 11 is 3.36. The zero-order valence-electron chi connectivity index (χ0n) is 17.5. The van der Waals surface area contributed by atoms with Crippen LogP contribution < -0.4 is 17.0 Å². The summed E-state index contributed by atoms with van der Waals surface area (Å²) in [5.41, 5.74) is 5.19. The summed E-state index contributed by atoms with van der Waals surface area (Å²) in [6.45, 7) is 4.94. The van der Waals surface area contributed by atoms with Gasteiger partial charge in [0.25, 0.3) is 5.56 Å². The first kappa shape index (κ1) is 22.5. The van der Waals surface area contributed by atoms with Gasteiger partial charge in [-0.15, -0.1) is 0 Å². The van der Waals surface area contributed by atoms with Crippen molar-refractivity contribution in [3.05, 3.63) is 60.4 Å². The Morgan fingerprint density at radius 2 is 1.94 bits per heavy atom. The van der Waals surface area contributed by atoms with Crippen LogP contribution >= 0.6 is 15.9 Å². The van der Waals surface area contributed by atoms with Crippen LogP contribution in [0.2, 0.25) is 0 Å². The number of benzene rings is 1. The minimum absolute atomic E-state index is 0.0356. The van der Waals surface area contributed by atoms with E-state index in [1.807, 2.05) is 13.8 Å². The number of esters is 1. The van der Waals surface area contributed by atoms with Crippen molar-refractivity contribution in [3.8, 4) is 0 Å². The van der Waals surface area contributed by atoms with E-state index in [9.17, 15) is 19.2 Å². The van der Waals surface area contributed by atoms with Crippen LogP contribution in [0.25, 0.3) is 11.0 Å².